The molecule has 1 aliphatic heterocycles. The van der Waals surface area contributed by atoms with Crippen LogP contribution in [-0.2, 0) is 20.5 Å². The number of likely N-dealkylation sites (tertiary alicyclic amines) is 1. The van der Waals surface area contributed by atoms with Gasteiger partial charge in [-0.3, -0.25) is 14.4 Å². The molecule has 2 heterocycles. The minimum atomic E-state index is -4.71. The van der Waals surface area contributed by atoms with Crippen molar-refractivity contribution in [2.45, 2.75) is 76.3 Å². The van der Waals surface area contributed by atoms with Gasteiger partial charge in [-0.15, -0.1) is 0 Å². The van der Waals surface area contributed by atoms with E-state index >= 15 is 0 Å². The second-order valence-electron chi connectivity index (χ2n) is 9.61. The maximum Gasteiger partial charge on any atom is 0.449 e. The van der Waals surface area contributed by atoms with Crippen molar-refractivity contribution in [3.05, 3.63) is 23.7 Å². The zero-order valence-electron chi connectivity index (χ0n) is 19.1. The van der Waals surface area contributed by atoms with Gasteiger partial charge in [0.05, 0.1) is 13.0 Å². The molecule has 0 spiro atoms. The van der Waals surface area contributed by atoms with Crippen molar-refractivity contribution in [1.29, 1.82) is 0 Å². The van der Waals surface area contributed by atoms with E-state index in [-0.39, 0.29) is 30.0 Å². The van der Waals surface area contributed by atoms with Gasteiger partial charge in [-0.1, -0.05) is 0 Å². The maximum atomic E-state index is 13.0. The maximum absolute atomic E-state index is 13.0. The van der Waals surface area contributed by atoms with Crippen LogP contribution in [0, 0.1) is 5.92 Å². The number of alkyl halides is 3. The van der Waals surface area contributed by atoms with Gasteiger partial charge in [-0.05, 0) is 58.6 Å². The molecule has 1 saturated heterocycles. The molecule has 2 amide bonds. The lowest BCUT2D eigenvalue weighted by Crippen LogP contribution is -2.55. The van der Waals surface area contributed by atoms with Crippen LogP contribution in [0.1, 0.15) is 62.8 Å². The fourth-order valence-electron chi connectivity index (χ4n) is 4.68. The Morgan fingerprint density at radius 2 is 1.85 bits per heavy atom. The summed E-state index contributed by atoms with van der Waals surface area (Å²) < 4.78 is 47.7. The normalized spacial score (nSPS) is 26.4. The van der Waals surface area contributed by atoms with Crippen molar-refractivity contribution in [1.82, 2.24) is 15.5 Å². The van der Waals surface area contributed by atoms with Crippen molar-refractivity contribution < 1.29 is 36.7 Å². The number of carbonyl (C=O) groups is 3. The summed E-state index contributed by atoms with van der Waals surface area (Å²) in [5.41, 5.74) is -0.130. The average molecular weight is 473 g/mol. The first-order valence-corrected chi connectivity index (χ1v) is 10.9. The fourth-order valence-corrected chi connectivity index (χ4v) is 4.68. The number of hydrogen-bond donors (Lipinski definition) is 2. The van der Waals surface area contributed by atoms with E-state index in [0.29, 0.717) is 25.5 Å². The zero-order valence-corrected chi connectivity index (χ0v) is 19.1. The number of ether oxygens (including phenoxy) is 1. The molecule has 0 bridgehead atoms. The standard InChI is InChI=1S/C22H30F3N3O5/c1-21(2,3)27-12-5-6-15(13(11-12)20(31)32-4)28-10-9-14(19(28)30)26-18(29)16-7-8-17(33-16)22(23,24)25/h7-8,12-15,27H,5-6,9-11H2,1-4H3,(H,26,29)/t12?,13?,14-,15?/m0/s1. The molecule has 3 rings (SSSR count). The summed E-state index contributed by atoms with van der Waals surface area (Å²) in [5, 5.41) is 5.95. The molecule has 2 N–H and O–H groups in total. The molecule has 2 fully saturated rings. The predicted molar refractivity (Wildman–Crippen MR) is 111 cm³/mol. The number of methoxy groups -OCH3 is 1. The minimum Gasteiger partial charge on any atom is -0.469 e. The van der Waals surface area contributed by atoms with E-state index in [1.165, 1.54) is 7.11 Å². The van der Waals surface area contributed by atoms with Gasteiger partial charge in [0.2, 0.25) is 11.7 Å². The van der Waals surface area contributed by atoms with Crippen LogP contribution in [0.3, 0.4) is 0 Å². The van der Waals surface area contributed by atoms with Gasteiger partial charge in [-0.2, -0.15) is 13.2 Å². The van der Waals surface area contributed by atoms with Crippen molar-refractivity contribution in [2.75, 3.05) is 13.7 Å². The Kier molecular flexibility index (Phi) is 7.11. The van der Waals surface area contributed by atoms with E-state index in [1.54, 1.807) is 4.90 Å². The number of amides is 2. The lowest BCUT2D eigenvalue weighted by molar-refractivity contribution is -0.153. The van der Waals surface area contributed by atoms with E-state index < -0.39 is 41.5 Å². The minimum absolute atomic E-state index is 0.0975. The number of furan rings is 1. The largest absolute Gasteiger partial charge is 0.469 e. The van der Waals surface area contributed by atoms with E-state index in [4.69, 9.17) is 4.74 Å². The smallest absolute Gasteiger partial charge is 0.449 e. The molecule has 184 valence electrons. The monoisotopic (exact) mass is 473 g/mol. The number of carbonyl (C=O) groups excluding carboxylic acids is 3. The summed E-state index contributed by atoms with van der Waals surface area (Å²) in [6.45, 7) is 6.45. The molecular formula is C22H30F3N3O5. The second kappa shape index (κ2) is 9.36. The lowest BCUT2D eigenvalue weighted by atomic mass is 9.80. The summed E-state index contributed by atoms with van der Waals surface area (Å²) in [6.07, 6.45) is -2.55. The van der Waals surface area contributed by atoms with Gasteiger partial charge >= 0.3 is 12.1 Å². The van der Waals surface area contributed by atoms with E-state index in [1.807, 2.05) is 20.8 Å². The summed E-state index contributed by atoms with van der Waals surface area (Å²) in [7, 11) is 1.31. The topological polar surface area (TPSA) is 101 Å². The van der Waals surface area contributed by atoms with Crippen LogP contribution in [0.15, 0.2) is 16.5 Å². The van der Waals surface area contributed by atoms with Gasteiger partial charge in [0.1, 0.15) is 6.04 Å². The first-order chi connectivity index (χ1) is 15.3. The van der Waals surface area contributed by atoms with Gasteiger partial charge in [0.25, 0.3) is 5.91 Å². The highest BCUT2D eigenvalue weighted by Crippen LogP contribution is 2.34. The van der Waals surface area contributed by atoms with Crippen LogP contribution in [0.2, 0.25) is 0 Å². The molecule has 1 aromatic heterocycles. The Morgan fingerprint density at radius 3 is 2.42 bits per heavy atom. The summed E-state index contributed by atoms with van der Waals surface area (Å²) in [6, 6.07) is 0.417. The van der Waals surface area contributed by atoms with Crippen LogP contribution >= 0.6 is 0 Å². The number of hydrogen-bond acceptors (Lipinski definition) is 6. The van der Waals surface area contributed by atoms with Crippen molar-refractivity contribution >= 4 is 17.8 Å². The third-order valence-electron chi connectivity index (χ3n) is 6.01. The van der Waals surface area contributed by atoms with Gasteiger partial charge in [0, 0.05) is 24.2 Å². The zero-order chi connectivity index (χ0) is 24.6. The van der Waals surface area contributed by atoms with Crippen molar-refractivity contribution in [3.8, 4) is 0 Å². The summed E-state index contributed by atoms with van der Waals surface area (Å²) in [5.74, 6) is -3.97. The molecule has 8 nitrogen and oxygen atoms in total. The molecule has 1 saturated carbocycles. The highest BCUT2D eigenvalue weighted by molar-refractivity contribution is 5.96. The van der Waals surface area contributed by atoms with Gasteiger partial charge in [-0.25, -0.2) is 0 Å². The molecule has 0 radical (unpaired) electrons. The lowest BCUT2D eigenvalue weighted by Gasteiger charge is -2.41. The quantitative estimate of drug-likeness (QED) is 0.638. The highest BCUT2D eigenvalue weighted by atomic mass is 19.4. The van der Waals surface area contributed by atoms with Gasteiger partial charge < -0.3 is 24.7 Å². The third-order valence-corrected chi connectivity index (χ3v) is 6.01. The van der Waals surface area contributed by atoms with Crippen LogP contribution in [0.25, 0.3) is 0 Å². The van der Waals surface area contributed by atoms with Gasteiger partial charge in [0.15, 0.2) is 5.76 Å². The van der Waals surface area contributed by atoms with E-state index in [2.05, 4.69) is 15.1 Å². The first kappa shape index (κ1) is 25.1. The van der Waals surface area contributed by atoms with Crippen molar-refractivity contribution in [2.24, 2.45) is 5.92 Å². The number of nitrogens with one attached hydrogen (secondary N) is 2. The molecule has 11 heteroatoms. The van der Waals surface area contributed by atoms with Crippen LogP contribution in [-0.4, -0.2) is 60.0 Å². The molecular weight excluding hydrogens is 443 g/mol. The highest BCUT2D eigenvalue weighted by Gasteiger charge is 2.45. The molecule has 33 heavy (non-hydrogen) atoms. The average Bonchev–Trinajstić information content (AvgIpc) is 3.34. The Bertz CT molecular complexity index is 893. The third kappa shape index (κ3) is 5.87. The molecule has 3 unspecified atom stereocenters. The Morgan fingerprint density at radius 1 is 1.15 bits per heavy atom. The van der Waals surface area contributed by atoms with Crippen LogP contribution in [0.5, 0.6) is 0 Å². The number of rotatable bonds is 5. The Labute approximate surface area is 190 Å². The number of esters is 1. The second-order valence-corrected chi connectivity index (χ2v) is 9.61. The fraction of sp³-hybridized carbons (Fsp3) is 0.682. The van der Waals surface area contributed by atoms with Crippen molar-refractivity contribution in [3.63, 3.8) is 0 Å². The van der Waals surface area contributed by atoms with Crippen LogP contribution < -0.4 is 10.6 Å². The Hall–Kier alpha value is -2.56. The first-order valence-electron chi connectivity index (χ1n) is 10.9. The number of halogens is 3. The molecule has 1 aliphatic carbocycles. The SMILES string of the molecule is COC(=O)C1CC(NC(C)(C)C)CCC1N1CC[C@H](NC(=O)c2ccc(C(F)(F)F)o2)C1=O. The van der Waals surface area contributed by atoms with E-state index in [9.17, 15) is 27.6 Å². The Balaban J connectivity index is 1.67. The molecule has 4 atom stereocenters. The summed E-state index contributed by atoms with van der Waals surface area (Å²) in [4.78, 5) is 39.5. The molecule has 2 aliphatic rings. The molecule has 0 aromatic carbocycles. The number of nitrogens with zero attached hydrogens (tertiary/aromatic N) is 1. The summed E-state index contributed by atoms with van der Waals surface area (Å²) >= 11 is 0. The predicted octanol–water partition coefficient (Wildman–Crippen LogP) is 2.73. The van der Waals surface area contributed by atoms with Crippen LogP contribution in [0.4, 0.5) is 13.2 Å². The molecule has 1 aromatic rings. The van der Waals surface area contributed by atoms with E-state index in [0.717, 1.165) is 12.5 Å².